The van der Waals surface area contributed by atoms with Crippen molar-refractivity contribution in [3.63, 3.8) is 0 Å². The van der Waals surface area contributed by atoms with Crippen molar-refractivity contribution >= 4 is 17.5 Å². The molecule has 4 rings (SSSR count). The van der Waals surface area contributed by atoms with Crippen LogP contribution >= 0.6 is 0 Å². The first-order chi connectivity index (χ1) is 17.9. The number of anilines is 1. The lowest BCUT2D eigenvalue weighted by Crippen LogP contribution is -2.48. The molecule has 37 heavy (non-hydrogen) atoms. The van der Waals surface area contributed by atoms with Crippen molar-refractivity contribution in [2.75, 3.05) is 51.7 Å². The van der Waals surface area contributed by atoms with Gasteiger partial charge in [-0.15, -0.1) is 0 Å². The second kappa shape index (κ2) is 12.5. The first-order valence-corrected chi connectivity index (χ1v) is 12.8. The van der Waals surface area contributed by atoms with E-state index in [4.69, 9.17) is 4.52 Å². The number of hydrogen-bond donors (Lipinski definition) is 0. The van der Waals surface area contributed by atoms with Crippen LogP contribution in [0.2, 0.25) is 0 Å². The summed E-state index contributed by atoms with van der Waals surface area (Å²) in [5, 5.41) is 4.11. The van der Waals surface area contributed by atoms with E-state index >= 15 is 0 Å². The van der Waals surface area contributed by atoms with Gasteiger partial charge in [0.1, 0.15) is 0 Å². The maximum absolute atomic E-state index is 12.9. The van der Waals surface area contributed by atoms with E-state index in [0.29, 0.717) is 62.8 Å². The average molecular weight is 505 g/mol. The van der Waals surface area contributed by atoms with Crippen LogP contribution < -0.4 is 4.90 Å². The molecule has 0 unspecified atom stereocenters. The fraction of sp³-hybridized carbons (Fsp3) is 0.429. The lowest BCUT2D eigenvalue weighted by atomic mass is 10.1. The average Bonchev–Trinajstić information content (AvgIpc) is 3.38. The Morgan fingerprint density at radius 3 is 2.32 bits per heavy atom. The van der Waals surface area contributed by atoms with Gasteiger partial charge in [-0.3, -0.25) is 14.5 Å². The van der Waals surface area contributed by atoms with Crippen LogP contribution in [0, 0.1) is 0 Å². The highest BCUT2D eigenvalue weighted by molar-refractivity contribution is 5.94. The third-order valence-electron chi connectivity index (χ3n) is 6.67. The molecular formula is C28H36N6O3. The van der Waals surface area contributed by atoms with Gasteiger partial charge in [0.2, 0.25) is 11.8 Å². The summed E-state index contributed by atoms with van der Waals surface area (Å²) in [5.74, 6) is 1.22. The molecule has 0 atom stereocenters. The van der Waals surface area contributed by atoms with Gasteiger partial charge >= 0.3 is 0 Å². The van der Waals surface area contributed by atoms with Crippen molar-refractivity contribution in [3.8, 4) is 0 Å². The van der Waals surface area contributed by atoms with Crippen LogP contribution in [-0.4, -0.2) is 83.5 Å². The van der Waals surface area contributed by atoms with Crippen LogP contribution in [0.4, 0.5) is 5.69 Å². The number of carbonyl (C=O) groups excluding carboxylic acids is 2. The SMILES string of the molecule is CCN(Cc1ccccc1)C(=O)CCc1nc(CN2CCN(C(=O)c3ccc(N(C)C)cc3)CC2)no1. The second-order valence-corrected chi connectivity index (χ2v) is 9.51. The molecule has 0 N–H and O–H groups in total. The standard InChI is InChI=1S/C28H36N6O3/c1-4-33(20-22-8-6-5-7-9-22)27(35)15-14-26-29-25(30-37-26)21-32-16-18-34(19-17-32)28(36)23-10-12-24(13-11-23)31(2)3/h5-13H,4,14-21H2,1-3H3. The highest BCUT2D eigenvalue weighted by atomic mass is 16.5. The highest BCUT2D eigenvalue weighted by Gasteiger charge is 2.23. The van der Waals surface area contributed by atoms with E-state index in [9.17, 15) is 9.59 Å². The smallest absolute Gasteiger partial charge is 0.253 e. The number of piperazine rings is 1. The third kappa shape index (κ3) is 7.16. The van der Waals surface area contributed by atoms with Crippen LogP contribution in [0.15, 0.2) is 59.1 Å². The zero-order valence-electron chi connectivity index (χ0n) is 22.0. The van der Waals surface area contributed by atoms with Crippen molar-refractivity contribution in [3.05, 3.63) is 77.4 Å². The fourth-order valence-corrected chi connectivity index (χ4v) is 4.40. The van der Waals surface area contributed by atoms with Crippen molar-refractivity contribution in [2.24, 2.45) is 0 Å². The number of hydrogen-bond acceptors (Lipinski definition) is 7. The molecule has 0 spiro atoms. The van der Waals surface area contributed by atoms with E-state index in [1.54, 1.807) is 0 Å². The first-order valence-electron chi connectivity index (χ1n) is 12.8. The number of carbonyl (C=O) groups is 2. The van der Waals surface area contributed by atoms with Gasteiger partial charge in [-0.2, -0.15) is 4.98 Å². The number of benzene rings is 2. The van der Waals surface area contributed by atoms with E-state index < -0.39 is 0 Å². The van der Waals surface area contributed by atoms with E-state index in [1.165, 1.54) is 0 Å². The monoisotopic (exact) mass is 504 g/mol. The Hall–Kier alpha value is -3.72. The molecule has 0 saturated carbocycles. The van der Waals surface area contributed by atoms with Crippen LogP contribution in [0.3, 0.4) is 0 Å². The number of nitrogens with zero attached hydrogens (tertiary/aromatic N) is 6. The Balaban J connectivity index is 1.21. The summed E-state index contributed by atoms with van der Waals surface area (Å²) in [4.78, 5) is 38.0. The van der Waals surface area contributed by atoms with Crippen molar-refractivity contribution in [2.45, 2.75) is 32.9 Å². The number of amides is 2. The van der Waals surface area contributed by atoms with E-state index in [2.05, 4.69) is 15.0 Å². The van der Waals surface area contributed by atoms with Crippen molar-refractivity contribution < 1.29 is 14.1 Å². The molecule has 1 fully saturated rings. The molecule has 1 saturated heterocycles. The fourth-order valence-electron chi connectivity index (χ4n) is 4.40. The second-order valence-electron chi connectivity index (χ2n) is 9.51. The minimum atomic E-state index is 0.0601. The predicted molar refractivity (Wildman–Crippen MR) is 142 cm³/mol. The van der Waals surface area contributed by atoms with Crippen LogP contribution in [0.5, 0.6) is 0 Å². The molecule has 9 nitrogen and oxygen atoms in total. The molecule has 2 heterocycles. The lowest BCUT2D eigenvalue weighted by Gasteiger charge is -2.34. The van der Waals surface area contributed by atoms with Gasteiger partial charge in [-0.1, -0.05) is 35.5 Å². The molecule has 1 aliphatic heterocycles. The van der Waals surface area contributed by atoms with Gasteiger partial charge in [-0.25, -0.2) is 0 Å². The maximum atomic E-state index is 12.9. The molecule has 0 bridgehead atoms. The summed E-state index contributed by atoms with van der Waals surface area (Å²) in [6.07, 6.45) is 0.755. The Labute approximate surface area is 218 Å². The minimum Gasteiger partial charge on any atom is -0.378 e. The molecule has 3 aromatic rings. The summed E-state index contributed by atoms with van der Waals surface area (Å²) >= 11 is 0. The quantitative estimate of drug-likeness (QED) is 0.419. The van der Waals surface area contributed by atoms with E-state index in [0.717, 1.165) is 24.3 Å². The summed E-state index contributed by atoms with van der Waals surface area (Å²) in [6.45, 7) is 6.60. The third-order valence-corrected chi connectivity index (χ3v) is 6.67. The largest absolute Gasteiger partial charge is 0.378 e. The van der Waals surface area contributed by atoms with E-state index in [1.807, 2.05) is 90.3 Å². The molecular weight excluding hydrogens is 468 g/mol. The van der Waals surface area contributed by atoms with Crippen LogP contribution in [0.25, 0.3) is 0 Å². The van der Waals surface area contributed by atoms with Gasteiger partial charge in [-0.05, 0) is 36.8 Å². The Morgan fingerprint density at radius 1 is 0.973 bits per heavy atom. The Kier molecular flexibility index (Phi) is 8.90. The van der Waals surface area contributed by atoms with Crippen LogP contribution in [0.1, 0.15) is 41.0 Å². The van der Waals surface area contributed by atoms with Gasteiger partial charge in [0.15, 0.2) is 5.82 Å². The lowest BCUT2D eigenvalue weighted by molar-refractivity contribution is -0.131. The van der Waals surface area contributed by atoms with Gasteiger partial charge in [0, 0.05) is 77.5 Å². The molecule has 1 aliphatic rings. The molecule has 0 radical (unpaired) electrons. The molecule has 196 valence electrons. The van der Waals surface area contributed by atoms with Crippen molar-refractivity contribution in [1.29, 1.82) is 0 Å². The van der Waals surface area contributed by atoms with E-state index in [-0.39, 0.29) is 11.8 Å². The molecule has 0 aliphatic carbocycles. The van der Waals surface area contributed by atoms with Crippen molar-refractivity contribution in [1.82, 2.24) is 24.8 Å². The minimum absolute atomic E-state index is 0.0601. The number of aryl methyl sites for hydroxylation is 1. The molecule has 9 heteroatoms. The number of aromatic nitrogens is 2. The Bertz CT molecular complexity index is 1150. The Morgan fingerprint density at radius 2 is 1.68 bits per heavy atom. The van der Waals surface area contributed by atoms with Gasteiger partial charge in [0.25, 0.3) is 5.91 Å². The first kappa shape index (κ1) is 26.3. The summed E-state index contributed by atoms with van der Waals surface area (Å²) in [6, 6.07) is 17.7. The zero-order chi connectivity index (χ0) is 26.2. The van der Waals surface area contributed by atoms with Gasteiger partial charge in [0.05, 0.1) is 6.54 Å². The molecule has 1 aromatic heterocycles. The predicted octanol–water partition coefficient (Wildman–Crippen LogP) is 3.07. The maximum Gasteiger partial charge on any atom is 0.253 e. The van der Waals surface area contributed by atoms with Crippen LogP contribution in [-0.2, 0) is 24.3 Å². The molecule has 2 aromatic carbocycles. The normalized spacial score (nSPS) is 14.0. The summed E-state index contributed by atoms with van der Waals surface area (Å²) < 4.78 is 5.41. The van der Waals surface area contributed by atoms with Gasteiger partial charge < -0.3 is 19.2 Å². The molecule has 2 amide bonds. The topological polar surface area (TPSA) is 86.0 Å². The zero-order valence-corrected chi connectivity index (χ0v) is 22.0. The summed E-state index contributed by atoms with van der Waals surface area (Å²) in [5.41, 5.74) is 2.89. The number of rotatable bonds is 10. The highest BCUT2D eigenvalue weighted by Crippen LogP contribution is 2.16. The summed E-state index contributed by atoms with van der Waals surface area (Å²) in [7, 11) is 3.96.